The van der Waals surface area contributed by atoms with Crippen LogP contribution in [-0.2, 0) is 6.54 Å². The van der Waals surface area contributed by atoms with Gasteiger partial charge in [0.2, 0.25) is 0 Å². The lowest BCUT2D eigenvalue weighted by atomic mass is 10.1. The minimum Gasteiger partial charge on any atom is -0.338 e. The van der Waals surface area contributed by atoms with Gasteiger partial charge in [-0.2, -0.15) is 0 Å². The number of hydrogen-bond donors (Lipinski definition) is 0. The summed E-state index contributed by atoms with van der Waals surface area (Å²) >= 11 is 0. The number of carbonyl (C=O) groups excluding carboxylic acids is 1. The van der Waals surface area contributed by atoms with E-state index in [-0.39, 0.29) is 5.91 Å². The summed E-state index contributed by atoms with van der Waals surface area (Å²) in [6, 6.07) is 17.5. The molecule has 1 aromatic heterocycles. The molecule has 2 heterocycles. The van der Waals surface area contributed by atoms with Crippen LogP contribution in [0.25, 0.3) is 11.0 Å². The lowest BCUT2D eigenvalue weighted by molar-refractivity contribution is 0.0786. The van der Waals surface area contributed by atoms with E-state index in [2.05, 4.69) is 10.3 Å². The maximum absolute atomic E-state index is 12.5. The number of likely N-dealkylation sites (tertiary alicyclic amines) is 1. The van der Waals surface area contributed by atoms with Crippen LogP contribution in [0.5, 0.6) is 0 Å². The van der Waals surface area contributed by atoms with E-state index in [0.29, 0.717) is 5.92 Å². The van der Waals surface area contributed by atoms with Crippen molar-refractivity contribution in [3.8, 4) is 0 Å². The van der Waals surface area contributed by atoms with Crippen molar-refractivity contribution in [1.29, 1.82) is 0 Å². The van der Waals surface area contributed by atoms with Gasteiger partial charge < -0.3 is 4.90 Å². The van der Waals surface area contributed by atoms with Crippen LogP contribution >= 0.6 is 0 Å². The summed E-state index contributed by atoms with van der Waals surface area (Å²) in [7, 11) is 0. The van der Waals surface area contributed by atoms with Gasteiger partial charge in [-0.1, -0.05) is 35.5 Å². The van der Waals surface area contributed by atoms with Crippen molar-refractivity contribution < 1.29 is 4.79 Å². The lowest BCUT2D eigenvalue weighted by Crippen LogP contribution is -2.29. The zero-order valence-corrected chi connectivity index (χ0v) is 12.8. The number of carbonyl (C=O) groups is 1. The number of fused-ring (bicyclic) bond motifs is 1. The Kier molecular flexibility index (Phi) is 3.54. The summed E-state index contributed by atoms with van der Waals surface area (Å²) in [4.78, 5) is 14.4. The van der Waals surface area contributed by atoms with E-state index in [1.165, 1.54) is 0 Å². The molecule has 0 aliphatic carbocycles. The second kappa shape index (κ2) is 5.83. The van der Waals surface area contributed by atoms with E-state index in [1.54, 1.807) is 0 Å². The van der Waals surface area contributed by atoms with Crippen LogP contribution in [-0.4, -0.2) is 38.9 Å². The van der Waals surface area contributed by atoms with Crippen LogP contribution in [0.3, 0.4) is 0 Å². The molecular formula is C18H18N4O. The molecule has 0 spiro atoms. The highest BCUT2D eigenvalue weighted by Gasteiger charge is 2.27. The van der Waals surface area contributed by atoms with E-state index in [4.69, 9.17) is 0 Å². The van der Waals surface area contributed by atoms with Gasteiger partial charge in [-0.15, -0.1) is 5.10 Å². The van der Waals surface area contributed by atoms with E-state index in [1.807, 2.05) is 64.2 Å². The van der Waals surface area contributed by atoms with Crippen LogP contribution in [0.1, 0.15) is 16.8 Å². The second-order valence-electron chi connectivity index (χ2n) is 6.03. The number of aromatic nitrogens is 3. The first-order valence-electron chi connectivity index (χ1n) is 7.94. The van der Waals surface area contributed by atoms with Crippen molar-refractivity contribution in [1.82, 2.24) is 19.9 Å². The first kappa shape index (κ1) is 13.9. The highest BCUT2D eigenvalue weighted by molar-refractivity contribution is 5.94. The molecule has 23 heavy (non-hydrogen) atoms. The molecule has 2 aromatic carbocycles. The molecule has 1 aliphatic heterocycles. The Labute approximate surface area is 134 Å². The quantitative estimate of drug-likeness (QED) is 0.747. The minimum absolute atomic E-state index is 0.122. The fraction of sp³-hybridized carbons (Fsp3) is 0.278. The van der Waals surface area contributed by atoms with Crippen molar-refractivity contribution in [3.63, 3.8) is 0 Å². The van der Waals surface area contributed by atoms with Crippen molar-refractivity contribution in [2.45, 2.75) is 13.0 Å². The molecule has 1 amide bonds. The third-order valence-corrected chi connectivity index (χ3v) is 4.45. The summed E-state index contributed by atoms with van der Waals surface area (Å²) in [6.07, 6.45) is 1.01. The Morgan fingerprint density at radius 3 is 2.74 bits per heavy atom. The van der Waals surface area contributed by atoms with Gasteiger partial charge in [0.25, 0.3) is 5.91 Å². The largest absolute Gasteiger partial charge is 0.338 e. The zero-order valence-electron chi connectivity index (χ0n) is 12.8. The standard InChI is InChI=1S/C18H18N4O/c23-18(15-6-2-1-3-7-15)21-11-10-14(12-21)13-22-17-9-5-4-8-16(17)19-20-22/h1-9,14H,10-13H2. The molecule has 0 bridgehead atoms. The van der Waals surface area contributed by atoms with E-state index < -0.39 is 0 Å². The highest BCUT2D eigenvalue weighted by Crippen LogP contribution is 2.21. The minimum atomic E-state index is 0.122. The summed E-state index contributed by atoms with van der Waals surface area (Å²) in [6.45, 7) is 2.39. The molecule has 1 aliphatic rings. The first-order chi connectivity index (χ1) is 11.3. The van der Waals surface area contributed by atoms with Crippen LogP contribution in [0.15, 0.2) is 54.6 Å². The van der Waals surface area contributed by atoms with E-state index in [0.717, 1.165) is 42.7 Å². The summed E-state index contributed by atoms with van der Waals surface area (Å²) < 4.78 is 1.95. The molecule has 4 rings (SSSR count). The zero-order chi connectivity index (χ0) is 15.6. The third kappa shape index (κ3) is 2.70. The van der Waals surface area contributed by atoms with Gasteiger partial charge in [0, 0.05) is 25.2 Å². The SMILES string of the molecule is O=C(c1ccccc1)N1CCC(Cn2nnc3ccccc32)C1. The van der Waals surface area contributed by atoms with Crippen LogP contribution < -0.4 is 0 Å². The molecule has 0 N–H and O–H groups in total. The normalized spacial score (nSPS) is 17.7. The summed E-state index contributed by atoms with van der Waals surface area (Å²) in [5.41, 5.74) is 2.74. The molecule has 116 valence electrons. The average Bonchev–Trinajstić information content (AvgIpc) is 3.23. The smallest absolute Gasteiger partial charge is 0.253 e. The maximum atomic E-state index is 12.5. The number of hydrogen-bond acceptors (Lipinski definition) is 3. The van der Waals surface area contributed by atoms with Crippen molar-refractivity contribution >= 4 is 16.9 Å². The third-order valence-electron chi connectivity index (χ3n) is 4.45. The van der Waals surface area contributed by atoms with Gasteiger partial charge in [-0.05, 0) is 36.6 Å². The van der Waals surface area contributed by atoms with Crippen LogP contribution in [0.4, 0.5) is 0 Å². The molecule has 1 saturated heterocycles. The monoisotopic (exact) mass is 306 g/mol. The fourth-order valence-corrected chi connectivity index (χ4v) is 3.23. The number of nitrogens with zero attached hydrogens (tertiary/aromatic N) is 4. The molecule has 5 nitrogen and oxygen atoms in total. The molecule has 5 heteroatoms. The Morgan fingerprint density at radius 1 is 1.09 bits per heavy atom. The number of rotatable bonds is 3. The van der Waals surface area contributed by atoms with Crippen molar-refractivity contribution in [2.75, 3.05) is 13.1 Å². The Bertz CT molecular complexity index is 827. The summed E-state index contributed by atoms with van der Waals surface area (Å²) in [5.74, 6) is 0.546. The summed E-state index contributed by atoms with van der Waals surface area (Å²) in [5, 5.41) is 8.44. The van der Waals surface area contributed by atoms with E-state index in [9.17, 15) is 4.79 Å². The number of para-hydroxylation sites is 1. The maximum Gasteiger partial charge on any atom is 0.253 e. The first-order valence-corrected chi connectivity index (χ1v) is 7.94. The molecule has 0 radical (unpaired) electrons. The Morgan fingerprint density at radius 2 is 1.87 bits per heavy atom. The van der Waals surface area contributed by atoms with Gasteiger partial charge in [0.15, 0.2) is 0 Å². The van der Waals surface area contributed by atoms with Crippen molar-refractivity contribution in [2.24, 2.45) is 5.92 Å². The average molecular weight is 306 g/mol. The van der Waals surface area contributed by atoms with Crippen molar-refractivity contribution in [3.05, 3.63) is 60.2 Å². The predicted molar refractivity (Wildman–Crippen MR) is 88.0 cm³/mol. The molecular weight excluding hydrogens is 288 g/mol. The van der Waals surface area contributed by atoms with Crippen LogP contribution in [0, 0.1) is 5.92 Å². The van der Waals surface area contributed by atoms with Gasteiger partial charge in [-0.25, -0.2) is 4.68 Å². The second-order valence-corrected chi connectivity index (χ2v) is 6.03. The lowest BCUT2D eigenvalue weighted by Gasteiger charge is -2.16. The topological polar surface area (TPSA) is 51.0 Å². The van der Waals surface area contributed by atoms with Gasteiger partial charge in [0.05, 0.1) is 5.52 Å². The molecule has 1 fully saturated rings. The number of benzene rings is 2. The molecule has 3 aromatic rings. The van der Waals surface area contributed by atoms with Crippen LogP contribution in [0.2, 0.25) is 0 Å². The fourth-order valence-electron chi connectivity index (χ4n) is 3.23. The molecule has 0 saturated carbocycles. The van der Waals surface area contributed by atoms with E-state index >= 15 is 0 Å². The Hall–Kier alpha value is -2.69. The highest BCUT2D eigenvalue weighted by atomic mass is 16.2. The predicted octanol–water partition coefficient (Wildman–Crippen LogP) is 2.59. The van der Waals surface area contributed by atoms with Gasteiger partial charge >= 0.3 is 0 Å². The molecule has 1 unspecified atom stereocenters. The molecule has 1 atom stereocenters. The van der Waals surface area contributed by atoms with Gasteiger partial charge in [0.1, 0.15) is 5.52 Å². The Balaban J connectivity index is 1.45. The number of amides is 1. The van der Waals surface area contributed by atoms with Gasteiger partial charge in [-0.3, -0.25) is 4.79 Å².